The molecule has 1 heterocycles. The van der Waals surface area contributed by atoms with Crippen molar-refractivity contribution in [1.29, 1.82) is 0 Å². The topological polar surface area (TPSA) is 24.1 Å². The fourth-order valence-corrected chi connectivity index (χ4v) is 4.86. The highest BCUT2D eigenvalue weighted by Crippen LogP contribution is 2.45. The van der Waals surface area contributed by atoms with Crippen LogP contribution in [0.3, 0.4) is 0 Å². The molecule has 1 aliphatic heterocycles. The van der Waals surface area contributed by atoms with E-state index in [1.807, 2.05) is 0 Å². The smallest absolute Gasteiger partial charge is 0.381 e. The summed E-state index contributed by atoms with van der Waals surface area (Å²) in [4.78, 5) is 0. The molecule has 0 saturated carbocycles. The van der Waals surface area contributed by atoms with Crippen LogP contribution < -0.4 is 10.6 Å². The van der Waals surface area contributed by atoms with Gasteiger partial charge in [0, 0.05) is 23.2 Å². The summed E-state index contributed by atoms with van der Waals surface area (Å²) in [5, 5.41) is 7.21. The molecule has 0 spiro atoms. The van der Waals surface area contributed by atoms with Crippen LogP contribution in [0.1, 0.15) is 70.9 Å². The van der Waals surface area contributed by atoms with Gasteiger partial charge in [-0.15, -0.1) is 0 Å². The normalized spacial score (nSPS) is 27.0. The lowest BCUT2D eigenvalue weighted by Gasteiger charge is -2.43. The molecular formula is C26H37F3N2. The zero-order chi connectivity index (χ0) is 22.8. The van der Waals surface area contributed by atoms with Crippen LogP contribution in [0, 0.1) is 17.8 Å². The van der Waals surface area contributed by atoms with Crippen molar-refractivity contribution in [2.45, 2.75) is 77.6 Å². The number of allylic oxidation sites excluding steroid dienone is 3. The minimum Gasteiger partial charge on any atom is -0.381 e. The summed E-state index contributed by atoms with van der Waals surface area (Å²) in [5.74, 6) is 1.23. The molecule has 2 unspecified atom stereocenters. The first-order valence-electron chi connectivity index (χ1n) is 11.5. The minimum atomic E-state index is -4.31. The molecule has 0 aromatic heterocycles. The molecule has 0 saturated heterocycles. The van der Waals surface area contributed by atoms with E-state index in [1.54, 1.807) is 6.07 Å². The molecule has 2 aliphatic rings. The highest BCUT2D eigenvalue weighted by molar-refractivity contribution is 5.58. The SMILES string of the molecule is CC1c2cc(C(F)(F)F)ccc2N[C@@H](C2C=CC=CC2)[C@@H]1CC[C@@H](C)CNC(C)(C)C. The molecule has 0 fully saturated rings. The molecule has 1 aromatic rings. The largest absolute Gasteiger partial charge is 0.416 e. The number of fused-ring (bicyclic) bond motifs is 1. The van der Waals surface area contributed by atoms with Crippen molar-refractivity contribution in [3.05, 3.63) is 53.6 Å². The summed E-state index contributed by atoms with van der Waals surface area (Å²) >= 11 is 0. The van der Waals surface area contributed by atoms with Gasteiger partial charge >= 0.3 is 6.18 Å². The molecule has 172 valence electrons. The van der Waals surface area contributed by atoms with E-state index in [2.05, 4.69) is 69.6 Å². The van der Waals surface area contributed by atoms with Crippen LogP contribution in [-0.2, 0) is 6.18 Å². The van der Waals surface area contributed by atoms with Crippen molar-refractivity contribution < 1.29 is 13.2 Å². The maximum atomic E-state index is 13.3. The maximum Gasteiger partial charge on any atom is 0.416 e. The third-order valence-electron chi connectivity index (χ3n) is 6.74. The van der Waals surface area contributed by atoms with Gasteiger partial charge in [-0.1, -0.05) is 38.2 Å². The minimum absolute atomic E-state index is 0.0747. The van der Waals surface area contributed by atoms with Crippen LogP contribution >= 0.6 is 0 Å². The van der Waals surface area contributed by atoms with Crippen LogP contribution in [0.25, 0.3) is 0 Å². The molecule has 2 nitrogen and oxygen atoms in total. The number of halogens is 3. The van der Waals surface area contributed by atoms with Crippen molar-refractivity contribution in [1.82, 2.24) is 5.32 Å². The second kappa shape index (κ2) is 9.40. The van der Waals surface area contributed by atoms with Crippen LogP contribution in [0.5, 0.6) is 0 Å². The summed E-state index contributed by atoms with van der Waals surface area (Å²) in [7, 11) is 0. The van der Waals surface area contributed by atoms with Crippen LogP contribution in [0.4, 0.5) is 18.9 Å². The van der Waals surface area contributed by atoms with E-state index in [1.165, 1.54) is 12.1 Å². The highest BCUT2D eigenvalue weighted by atomic mass is 19.4. The van der Waals surface area contributed by atoms with Gasteiger partial charge in [-0.25, -0.2) is 0 Å². The van der Waals surface area contributed by atoms with Gasteiger partial charge in [0.05, 0.1) is 5.56 Å². The van der Waals surface area contributed by atoms with Crippen LogP contribution in [0.2, 0.25) is 0 Å². The zero-order valence-electron chi connectivity index (χ0n) is 19.4. The Labute approximate surface area is 185 Å². The molecule has 1 aliphatic carbocycles. The van der Waals surface area contributed by atoms with E-state index in [0.717, 1.165) is 37.1 Å². The van der Waals surface area contributed by atoms with Crippen molar-refractivity contribution in [2.24, 2.45) is 17.8 Å². The van der Waals surface area contributed by atoms with E-state index in [9.17, 15) is 13.2 Å². The Bertz CT molecular complexity index is 804. The van der Waals surface area contributed by atoms with Crippen molar-refractivity contribution in [2.75, 3.05) is 11.9 Å². The van der Waals surface area contributed by atoms with E-state index in [0.29, 0.717) is 11.8 Å². The standard InChI is InChI=1S/C26H37F3N2/c1-17(16-30-25(3,4)5)11-13-21-18(2)22-15-20(26(27,28)29)12-14-23(22)31-24(21)19-9-7-6-8-10-19/h6-9,12,14-15,17-19,21,24,30-31H,10-11,13,16H2,1-5H3/t17-,18?,19?,21-,24+/m1/s1. The Hall–Kier alpha value is -1.75. The van der Waals surface area contributed by atoms with E-state index in [4.69, 9.17) is 0 Å². The van der Waals surface area contributed by atoms with E-state index >= 15 is 0 Å². The Kier molecular flexibility index (Phi) is 7.25. The number of alkyl halides is 3. The monoisotopic (exact) mass is 434 g/mol. The first-order valence-corrected chi connectivity index (χ1v) is 11.5. The van der Waals surface area contributed by atoms with E-state index < -0.39 is 11.7 Å². The van der Waals surface area contributed by atoms with Crippen molar-refractivity contribution in [3.8, 4) is 0 Å². The second-order valence-electron chi connectivity index (χ2n) is 10.4. The van der Waals surface area contributed by atoms with Crippen molar-refractivity contribution >= 4 is 5.69 Å². The average Bonchev–Trinajstić information content (AvgIpc) is 2.70. The Morgan fingerprint density at radius 3 is 2.52 bits per heavy atom. The first-order chi connectivity index (χ1) is 14.5. The molecule has 5 heteroatoms. The Morgan fingerprint density at radius 2 is 1.90 bits per heavy atom. The molecule has 0 bridgehead atoms. The van der Waals surface area contributed by atoms with Gasteiger partial charge in [-0.3, -0.25) is 0 Å². The molecule has 2 N–H and O–H groups in total. The number of nitrogens with one attached hydrogen (secondary N) is 2. The van der Waals surface area contributed by atoms with E-state index in [-0.39, 0.29) is 23.4 Å². The number of hydrogen-bond donors (Lipinski definition) is 2. The van der Waals surface area contributed by atoms with Gasteiger partial charge in [0.25, 0.3) is 0 Å². The summed E-state index contributed by atoms with van der Waals surface area (Å²) in [5.41, 5.74) is 1.18. The van der Waals surface area contributed by atoms with Crippen molar-refractivity contribution in [3.63, 3.8) is 0 Å². The first kappa shape index (κ1) is 23.9. The quantitative estimate of drug-likeness (QED) is 0.496. The number of rotatable bonds is 6. The Morgan fingerprint density at radius 1 is 1.16 bits per heavy atom. The second-order valence-corrected chi connectivity index (χ2v) is 10.4. The Balaban J connectivity index is 1.81. The third-order valence-corrected chi connectivity index (χ3v) is 6.74. The van der Waals surface area contributed by atoms with Gasteiger partial charge in [-0.05, 0) is 88.1 Å². The average molecular weight is 435 g/mol. The molecule has 31 heavy (non-hydrogen) atoms. The van der Waals surface area contributed by atoms with Gasteiger partial charge in [0.2, 0.25) is 0 Å². The summed E-state index contributed by atoms with van der Waals surface area (Å²) in [6, 6.07) is 4.41. The lowest BCUT2D eigenvalue weighted by molar-refractivity contribution is -0.137. The summed E-state index contributed by atoms with van der Waals surface area (Å²) < 4.78 is 40.0. The number of anilines is 1. The fraction of sp³-hybridized carbons (Fsp3) is 0.615. The fourth-order valence-electron chi connectivity index (χ4n) is 4.86. The molecule has 0 radical (unpaired) electrons. The predicted octanol–water partition coefficient (Wildman–Crippen LogP) is 7.16. The van der Waals surface area contributed by atoms with Gasteiger partial charge in [0.15, 0.2) is 0 Å². The lowest BCUT2D eigenvalue weighted by atomic mass is 9.70. The summed E-state index contributed by atoms with van der Waals surface area (Å²) in [6.07, 6.45) is 7.30. The summed E-state index contributed by atoms with van der Waals surface area (Å²) in [6.45, 7) is 11.8. The lowest BCUT2D eigenvalue weighted by Crippen LogP contribution is -2.43. The molecule has 0 amide bonds. The van der Waals surface area contributed by atoms with Crippen LogP contribution in [0.15, 0.2) is 42.5 Å². The molecule has 3 rings (SSSR count). The van der Waals surface area contributed by atoms with Gasteiger partial charge < -0.3 is 10.6 Å². The predicted molar refractivity (Wildman–Crippen MR) is 123 cm³/mol. The highest BCUT2D eigenvalue weighted by Gasteiger charge is 2.39. The van der Waals surface area contributed by atoms with Gasteiger partial charge in [0.1, 0.15) is 0 Å². The number of benzene rings is 1. The molecule has 5 atom stereocenters. The third kappa shape index (κ3) is 6.15. The zero-order valence-corrected chi connectivity index (χ0v) is 19.4. The number of hydrogen-bond acceptors (Lipinski definition) is 2. The van der Waals surface area contributed by atoms with Gasteiger partial charge in [-0.2, -0.15) is 13.2 Å². The molecule has 1 aromatic carbocycles. The molecular weight excluding hydrogens is 397 g/mol. The maximum absolute atomic E-state index is 13.3. The van der Waals surface area contributed by atoms with Crippen LogP contribution in [-0.4, -0.2) is 18.1 Å².